The molecule has 1 fully saturated rings. The molecule has 1 heterocycles. The van der Waals surface area contributed by atoms with E-state index >= 15 is 0 Å². The number of hydrogen-bond acceptors (Lipinski definition) is 11. The average molecular weight is 685 g/mol. The second-order valence-corrected chi connectivity index (χ2v) is 13.5. The van der Waals surface area contributed by atoms with Crippen LogP contribution in [0.15, 0.2) is 0 Å². The van der Waals surface area contributed by atoms with Crippen molar-refractivity contribution in [1.82, 2.24) is 0 Å². The molecular weight excluding hydrogens is 620 g/mol. The maximum atomic E-state index is 12.6. The third-order valence-corrected chi connectivity index (χ3v) is 8.69. The van der Waals surface area contributed by atoms with Gasteiger partial charge in [-0.05, 0) is 12.8 Å². The molecule has 0 aromatic rings. The van der Waals surface area contributed by atoms with E-state index in [1.807, 2.05) is 0 Å². The van der Waals surface area contributed by atoms with E-state index in [4.69, 9.17) is 23.5 Å². The predicted octanol–water partition coefficient (Wildman–Crippen LogP) is 5.40. The SMILES string of the molecule is CCCCCCCCCCCCCCCOCC(COC1OC(CO)C(O)C(OS(=O)(=O)O)C1O)OC(=O)CCCCCCCC. The van der Waals surface area contributed by atoms with Gasteiger partial charge in [0.2, 0.25) is 0 Å². The summed E-state index contributed by atoms with van der Waals surface area (Å²) in [5.74, 6) is -0.407. The number of carbonyl (C=O) groups is 1. The van der Waals surface area contributed by atoms with Gasteiger partial charge in [-0.1, -0.05) is 123 Å². The summed E-state index contributed by atoms with van der Waals surface area (Å²) in [7, 11) is -5.04. The topological polar surface area (TPSA) is 178 Å². The molecule has 12 nitrogen and oxygen atoms in total. The summed E-state index contributed by atoms with van der Waals surface area (Å²) >= 11 is 0. The molecule has 13 heteroatoms. The van der Waals surface area contributed by atoms with Crippen molar-refractivity contribution < 1.29 is 56.2 Å². The standard InChI is InChI=1S/C33H64O12S/c1-3-5-7-9-11-12-13-14-15-16-17-19-21-23-41-25-27(43-29(35)22-20-18-10-8-6-4-2)26-42-33-31(37)32(45-46(38,39)40)30(36)28(24-34)44-33/h27-28,30-34,36-37H,3-26H2,1-2H3,(H,38,39,40). The van der Waals surface area contributed by atoms with Gasteiger partial charge in [0.1, 0.15) is 30.5 Å². The van der Waals surface area contributed by atoms with Crippen molar-refractivity contribution >= 4 is 16.4 Å². The molecule has 0 saturated carbocycles. The zero-order valence-electron chi connectivity index (χ0n) is 28.4. The molecule has 4 N–H and O–H groups in total. The number of ether oxygens (including phenoxy) is 4. The minimum Gasteiger partial charge on any atom is -0.457 e. The van der Waals surface area contributed by atoms with Crippen molar-refractivity contribution in [2.24, 2.45) is 0 Å². The van der Waals surface area contributed by atoms with Crippen LogP contribution in [0.25, 0.3) is 0 Å². The van der Waals surface area contributed by atoms with Gasteiger partial charge >= 0.3 is 16.4 Å². The fourth-order valence-electron chi connectivity index (χ4n) is 5.49. The monoisotopic (exact) mass is 684 g/mol. The number of aliphatic hydroxyl groups excluding tert-OH is 3. The number of unbranched alkanes of at least 4 members (excludes halogenated alkanes) is 17. The van der Waals surface area contributed by atoms with Crippen molar-refractivity contribution in [3.8, 4) is 0 Å². The zero-order chi connectivity index (χ0) is 34.0. The molecule has 0 amide bonds. The van der Waals surface area contributed by atoms with E-state index in [1.54, 1.807) is 0 Å². The van der Waals surface area contributed by atoms with Crippen LogP contribution in [0, 0.1) is 0 Å². The van der Waals surface area contributed by atoms with Crippen LogP contribution in [-0.2, 0) is 38.3 Å². The van der Waals surface area contributed by atoms with Gasteiger partial charge in [-0.3, -0.25) is 9.35 Å². The highest BCUT2D eigenvalue weighted by Crippen LogP contribution is 2.26. The van der Waals surface area contributed by atoms with Gasteiger partial charge < -0.3 is 34.3 Å². The van der Waals surface area contributed by atoms with Crippen LogP contribution in [0.5, 0.6) is 0 Å². The Kier molecular flexibility index (Phi) is 25.3. The van der Waals surface area contributed by atoms with Crippen molar-refractivity contribution in [3.63, 3.8) is 0 Å². The Morgan fingerprint density at radius 1 is 0.739 bits per heavy atom. The number of carbonyl (C=O) groups excluding carboxylic acids is 1. The summed E-state index contributed by atoms with van der Waals surface area (Å²) in [5, 5.41) is 30.4. The molecule has 1 aliphatic heterocycles. The van der Waals surface area contributed by atoms with Gasteiger partial charge in [-0.2, -0.15) is 8.42 Å². The van der Waals surface area contributed by atoms with Crippen molar-refractivity contribution in [2.75, 3.05) is 26.4 Å². The Labute approximate surface area is 277 Å². The summed E-state index contributed by atoms with van der Waals surface area (Å²) in [4.78, 5) is 12.6. The Hall–Kier alpha value is -0.900. The smallest absolute Gasteiger partial charge is 0.397 e. The first-order chi connectivity index (χ1) is 22.1. The van der Waals surface area contributed by atoms with Crippen molar-refractivity contribution in [1.29, 1.82) is 0 Å². The molecule has 0 radical (unpaired) electrons. The molecule has 0 aromatic carbocycles. The van der Waals surface area contributed by atoms with Crippen molar-refractivity contribution in [3.05, 3.63) is 0 Å². The lowest BCUT2D eigenvalue weighted by Crippen LogP contribution is -2.60. The maximum Gasteiger partial charge on any atom is 0.397 e. The maximum absolute atomic E-state index is 12.6. The minimum atomic E-state index is -5.04. The van der Waals surface area contributed by atoms with Crippen LogP contribution in [0.1, 0.15) is 142 Å². The van der Waals surface area contributed by atoms with E-state index in [-0.39, 0.29) is 19.6 Å². The summed E-state index contributed by atoms with van der Waals surface area (Å²) in [6.45, 7) is 3.90. The fraction of sp³-hybridized carbons (Fsp3) is 0.970. The Balaban J connectivity index is 2.49. The van der Waals surface area contributed by atoms with E-state index in [2.05, 4.69) is 18.0 Å². The molecular formula is C33H64O12S. The highest BCUT2D eigenvalue weighted by Gasteiger charge is 2.48. The van der Waals surface area contributed by atoms with Crippen LogP contribution in [0.4, 0.5) is 0 Å². The highest BCUT2D eigenvalue weighted by molar-refractivity contribution is 7.80. The second kappa shape index (κ2) is 27.0. The number of aliphatic hydroxyl groups is 3. The molecule has 0 aliphatic carbocycles. The normalized spacial score (nSPS) is 22.6. The van der Waals surface area contributed by atoms with Gasteiger partial charge in [0, 0.05) is 13.0 Å². The van der Waals surface area contributed by atoms with E-state index in [9.17, 15) is 28.5 Å². The third kappa shape index (κ3) is 21.1. The Morgan fingerprint density at radius 2 is 1.24 bits per heavy atom. The van der Waals surface area contributed by atoms with Crippen LogP contribution in [0.2, 0.25) is 0 Å². The Bertz CT molecular complexity index is 842. The van der Waals surface area contributed by atoms with Crippen LogP contribution in [-0.4, -0.2) is 97.5 Å². The van der Waals surface area contributed by atoms with Gasteiger partial charge in [0.15, 0.2) is 6.29 Å². The number of esters is 1. The quantitative estimate of drug-likeness (QED) is 0.0431. The van der Waals surface area contributed by atoms with Crippen LogP contribution < -0.4 is 0 Å². The largest absolute Gasteiger partial charge is 0.457 e. The van der Waals surface area contributed by atoms with E-state index in [0.717, 1.165) is 44.9 Å². The zero-order valence-corrected chi connectivity index (χ0v) is 29.2. The average Bonchev–Trinajstić information content (AvgIpc) is 3.01. The number of rotatable bonds is 30. The molecule has 1 saturated heterocycles. The summed E-state index contributed by atoms with van der Waals surface area (Å²) in [6, 6.07) is 0. The highest BCUT2D eigenvalue weighted by atomic mass is 32.3. The summed E-state index contributed by atoms with van der Waals surface area (Å²) in [5.41, 5.74) is 0. The van der Waals surface area contributed by atoms with Crippen LogP contribution in [0.3, 0.4) is 0 Å². The second-order valence-electron chi connectivity index (χ2n) is 12.5. The first-order valence-electron chi connectivity index (χ1n) is 17.8. The third-order valence-electron chi connectivity index (χ3n) is 8.23. The first kappa shape index (κ1) is 43.1. The molecule has 0 bridgehead atoms. The van der Waals surface area contributed by atoms with Gasteiger partial charge in [-0.15, -0.1) is 0 Å². The van der Waals surface area contributed by atoms with Gasteiger partial charge in [-0.25, -0.2) is 4.18 Å². The molecule has 274 valence electrons. The Morgan fingerprint density at radius 3 is 1.74 bits per heavy atom. The molecule has 0 aromatic heterocycles. The van der Waals surface area contributed by atoms with Crippen molar-refractivity contribution in [2.45, 2.75) is 179 Å². The molecule has 6 atom stereocenters. The predicted molar refractivity (Wildman–Crippen MR) is 175 cm³/mol. The van der Waals surface area contributed by atoms with Crippen LogP contribution >= 0.6 is 0 Å². The molecule has 0 spiro atoms. The minimum absolute atomic E-state index is 0.0420. The lowest BCUT2D eigenvalue weighted by Gasteiger charge is -2.41. The van der Waals surface area contributed by atoms with Gasteiger partial charge in [0.25, 0.3) is 0 Å². The lowest BCUT2D eigenvalue weighted by molar-refractivity contribution is -0.301. The number of hydrogen-bond donors (Lipinski definition) is 4. The molecule has 1 aliphatic rings. The molecule has 6 unspecified atom stereocenters. The molecule has 1 rings (SSSR count). The van der Waals surface area contributed by atoms with E-state index in [0.29, 0.717) is 13.0 Å². The molecule has 46 heavy (non-hydrogen) atoms. The fourth-order valence-corrected chi connectivity index (χ4v) is 6.00. The van der Waals surface area contributed by atoms with E-state index in [1.165, 1.54) is 70.6 Å². The summed E-state index contributed by atoms with van der Waals surface area (Å²) < 4.78 is 58.4. The van der Waals surface area contributed by atoms with E-state index < -0.39 is 59.8 Å². The lowest BCUT2D eigenvalue weighted by atomic mass is 9.99. The summed E-state index contributed by atoms with van der Waals surface area (Å²) in [6.07, 6.45) is 13.3. The van der Waals surface area contributed by atoms with Gasteiger partial charge in [0.05, 0.1) is 19.8 Å². The first-order valence-corrected chi connectivity index (χ1v) is 19.2.